The lowest BCUT2D eigenvalue weighted by molar-refractivity contribution is -0.133. The van der Waals surface area contributed by atoms with E-state index in [4.69, 9.17) is 9.47 Å². The predicted octanol–water partition coefficient (Wildman–Crippen LogP) is -0.600. The Morgan fingerprint density at radius 3 is 1.71 bits per heavy atom. The number of fused-ring (bicyclic) bond motifs is 3. The Morgan fingerprint density at radius 1 is 0.857 bits per heavy atom. The molecule has 1 aromatic heterocycles. The van der Waals surface area contributed by atoms with Crippen molar-refractivity contribution in [2.45, 2.75) is 12.8 Å². The fourth-order valence-electron chi connectivity index (χ4n) is 1.57. The molecule has 0 atom stereocenters. The van der Waals surface area contributed by atoms with E-state index >= 15 is 0 Å². The van der Waals surface area contributed by atoms with E-state index in [-0.39, 0.29) is 36.5 Å². The van der Waals surface area contributed by atoms with Crippen LogP contribution in [0, 0.1) is 0 Å². The number of esters is 2. The highest BCUT2D eigenvalue weighted by atomic mass is 16.6. The minimum atomic E-state index is -0.373. The summed E-state index contributed by atoms with van der Waals surface area (Å²) in [5.41, 5.74) is 1.26. The first kappa shape index (κ1) is 7.43. The molecule has 0 aliphatic carbocycles. The van der Waals surface area contributed by atoms with Crippen LogP contribution >= 0.6 is 0 Å². The third-order valence-corrected chi connectivity index (χ3v) is 2.18. The molecule has 0 bridgehead atoms. The smallest absolute Gasteiger partial charge is 0.317 e. The molecule has 70 valence electrons. The Bertz CT molecular complexity index is 426. The first-order valence-corrected chi connectivity index (χ1v) is 4.04. The lowest BCUT2D eigenvalue weighted by Crippen LogP contribution is -2.02. The van der Waals surface area contributed by atoms with Crippen molar-refractivity contribution in [1.82, 2.24) is 10.2 Å². The van der Waals surface area contributed by atoms with Crippen LogP contribution in [0.3, 0.4) is 0 Å². The third-order valence-electron chi connectivity index (χ3n) is 2.18. The van der Waals surface area contributed by atoms with Crippen molar-refractivity contribution >= 4 is 11.9 Å². The van der Waals surface area contributed by atoms with Crippen LogP contribution in [0.2, 0.25) is 0 Å². The third kappa shape index (κ3) is 0.847. The van der Waals surface area contributed by atoms with Crippen molar-refractivity contribution in [3.05, 3.63) is 11.1 Å². The first-order chi connectivity index (χ1) is 6.74. The lowest BCUT2D eigenvalue weighted by Gasteiger charge is -1.97. The van der Waals surface area contributed by atoms with Crippen LogP contribution in [-0.2, 0) is 22.4 Å². The van der Waals surface area contributed by atoms with Crippen LogP contribution in [-0.4, -0.2) is 22.1 Å². The van der Waals surface area contributed by atoms with Crippen molar-refractivity contribution in [2.75, 3.05) is 0 Å². The van der Waals surface area contributed by atoms with E-state index in [2.05, 4.69) is 10.2 Å². The van der Waals surface area contributed by atoms with Gasteiger partial charge in [0.15, 0.2) is 0 Å². The summed E-state index contributed by atoms with van der Waals surface area (Å²) in [6, 6.07) is 0. The summed E-state index contributed by atoms with van der Waals surface area (Å²) in [5, 5.41) is 7.29. The molecular formula is C8H4N2O4. The van der Waals surface area contributed by atoms with Gasteiger partial charge in [-0.25, -0.2) is 0 Å². The van der Waals surface area contributed by atoms with Gasteiger partial charge in [-0.2, -0.15) is 0 Å². The van der Waals surface area contributed by atoms with Gasteiger partial charge in [-0.3, -0.25) is 9.59 Å². The second kappa shape index (κ2) is 2.28. The number of aromatic nitrogens is 2. The fraction of sp³-hybridized carbons (Fsp3) is 0.250. The number of nitrogens with zero attached hydrogens (tertiary/aromatic N) is 2. The van der Waals surface area contributed by atoms with Crippen molar-refractivity contribution < 1.29 is 19.1 Å². The summed E-state index contributed by atoms with van der Waals surface area (Å²) in [5.74, 6) is -0.344. The second-order valence-corrected chi connectivity index (χ2v) is 3.07. The Morgan fingerprint density at radius 2 is 1.29 bits per heavy atom. The summed E-state index contributed by atoms with van der Waals surface area (Å²) < 4.78 is 9.58. The Labute approximate surface area is 77.8 Å². The van der Waals surface area contributed by atoms with E-state index in [9.17, 15) is 9.59 Å². The molecule has 6 nitrogen and oxygen atoms in total. The highest BCUT2D eigenvalue weighted by Crippen LogP contribution is 2.34. The van der Waals surface area contributed by atoms with Gasteiger partial charge in [0.25, 0.3) is 0 Å². The zero-order chi connectivity index (χ0) is 9.71. The molecule has 0 spiro atoms. The van der Waals surface area contributed by atoms with Crippen LogP contribution < -0.4 is 9.47 Å². The molecule has 2 aliphatic heterocycles. The number of hydrogen-bond donors (Lipinski definition) is 0. The van der Waals surface area contributed by atoms with Crippen LogP contribution in [0.25, 0.3) is 0 Å². The fourth-order valence-corrected chi connectivity index (χ4v) is 1.57. The van der Waals surface area contributed by atoms with Gasteiger partial charge in [-0.15, -0.1) is 10.2 Å². The minimum Gasteiger partial charge on any atom is -0.405 e. The SMILES string of the molecule is O=C1Cc2c(nnc3c2CC(=O)O3)O1. The number of rotatable bonds is 0. The summed E-state index contributed by atoms with van der Waals surface area (Å²) >= 11 is 0. The number of hydrogen-bond acceptors (Lipinski definition) is 6. The van der Waals surface area contributed by atoms with E-state index < -0.39 is 0 Å². The molecule has 6 heteroatoms. The molecule has 2 aliphatic rings. The summed E-state index contributed by atoms with van der Waals surface area (Å²) in [7, 11) is 0. The molecule has 3 rings (SSSR count). The largest absolute Gasteiger partial charge is 0.405 e. The molecule has 0 fully saturated rings. The zero-order valence-electron chi connectivity index (χ0n) is 6.94. The topological polar surface area (TPSA) is 78.4 Å². The molecular weight excluding hydrogens is 188 g/mol. The monoisotopic (exact) mass is 192 g/mol. The molecule has 0 saturated carbocycles. The van der Waals surface area contributed by atoms with Gasteiger partial charge in [-0.1, -0.05) is 0 Å². The van der Waals surface area contributed by atoms with Gasteiger partial charge in [0.05, 0.1) is 12.8 Å². The van der Waals surface area contributed by atoms with Crippen molar-refractivity contribution in [2.24, 2.45) is 0 Å². The molecule has 3 heterocycles. The number of carbonyl (C=O) groups excluding carboxylic acids is 2. The van der Waals surface area contributed by atoms with Gasteiger partial charge in [0.2, 0.25) is 11.8 Å². The molecule has 1 aromatic rings. The Balaban J connectivity index is 2.19. The van der Waals surface area contributed by atoms with Gasteiger partial charge < -0.3 is 9.47 Å². The molecule has 0 aromatic carbocycles. The quantitative estimate of drug-likeness (QED) is 0.510. The molecule has 0 saturated heterocycles. The average molecular weight is 192 g/mol. The maximum atomic E-state index is 11.0. The number of ether oxygens (including phenoxy) is 2. The van der Waals surface area contributed by atoms with Crippen LogP contribution in [0.5, 0.6) is 11.8 Å². The standard InChI is InChI=1S/C8H4N2O4/c11-5-1-3-4-2-6(12)14-8(4)10-9-7(3)13-5/h1-2H2. The maximum Gasteiger partial charge on any atom is 0.317 e. The molecule has 14 heavy (non-hydrogen) atoms. The number of carbonyl (C=O) groups is 2. The highest BCUT2D eigenvalue weighted by molar-refractivity contribution is 5.85. The molecule has 0 radical (unpaired) electrons. The van der Waals surface area contributed by atoms with Crippen LogP contribution in [0.4, 0.5) is 0 Å². The molecule has 0 N–H and O–H groups in total. The minimum absolute atomic E-state index is 0.143. The van der Waals surface area contributed by atoms with Crippen LogP contribution in [0.1, 0.15) is 11.1 Å². The van der Waals surface area contributed by atoms with Crippen molar-refractivity contribution in [3.63, 3.8) is 0 Å². The summed E-state index contributed by atoms with van der Waals surface area (Å²) in [6.45, 7) is 0. The van der Waals surface area contributed by atoms with Gasteiger partial charge >= 0.3 is 11.9 Å². The van der Waals surface area contributed by atoms with Gasteiger partial charge in [0.1, 0.15) is 0 Å². The predicted molar refractivity (Wildman–Crippen MR) is 40.7 cm³/mol. The highest BCUT2D eigenvalue weighted by Gasteiger charge is 2.33. The normalized spacial score (nSPS) is 17.4. The first-order valence-electron chi connectivity index (χ1n) is 4.04. The van der Waals surface area contributed by atoms with Crippen molar-refractivity contribution in [3.8, 4) is 11.8 Å². The van der Waals surface area contributed by atoms with E-state index in [1.165, 1.54) is 0 Å². The summed E-state index contributed by atoms with van der Waals surface area (Å²) in [4.78, 5) is 21.9. The molecule has 0 amide bonds. The Hall–Kier alpha value is -1.98. The maximum absolute atomic E-state index is 11.0. The van der Waals surface area contributed by atoms with Gasteiger partial charge in [-0.05, 0) is 0 Å². The van der Waals surface area contributed by atoms with Crippen LogP contribution in [0.15, 0.2) is 0 Å². The molecule has 0 unspecified atom stereocenters. The average Bonchev–Trinajstić information content (AvgIpc) is 2.65. The van der Waals surface area contributed by atoms with Gasteiger partial charge in [0, 0.05) is 11.1 Å². The van der Waals surface area contributed by atoms with Crippen molar-refractivity contribution in [1.29, 1.82) is 0 Å². The summed E-state index contributed by atoms with van der Waals surface area (Å²) in [6.07, 6.45) is 0.285. The Kier molecular flexibility index (Phi) is 1.21. The lowest BCUT2D eigenvalue weighted by atomic mass is 10.1. The van der Waals surface area contributed by atoms with E-state index in [0.29, 0.717) is 11.1 Å². The van der Waals surface area contributed by atoms with E-state index in [0.717, 1.165) is 0 Å². The van der Waals surface area contributed by atoms with E-state index in [1.54, 1.807) is 0 Å². The van der Waals surface area contributed by atoms with E-state index in [1.807, 2.05) is 0 Å². The zero-order valence-corrected chi connectivity index (χ0v) is 6.94. The second-order valence-electron chi connectivity index (χ2n) is 3.07.